The summed E-state index contributed by atoms with van der Waals surface area (Å²) >= 11 is 0. The second kappa shape index (κ2) is 10.7. The molecule has 0 unspecified atom stereocenters. The Balaban J connectivity index is 1.38. The largest absolute Gasteiger partial charge is 0.480 e. The molecule has 0 aliphatic carbocycles. The smallest absolute Gasteiger partial charge is 0.422 e. The number of nitrogens with two attached hydrogens (primary N) is 1. The van der Waals surface area contributed by atoms with Crippen molar-refractivity contribution >= 4 is 23.3 Å². The third-order valence-electron chi connectivity index (χ3n) is 6.77. The number of aromatic nitrogens is 4. The SMILES string of the molecule is COc1ncc(-c2cc(CN3CCC3)c3c(N)ncnn23)cc1C(=O)N[C@@H]1CN(C(=O)OCC(F)(F)F)C[C@@H]1F. The Morgan fingerprint density at radius 2 is 1.98 bits per heavy atom. The maximum absolute atomic E-state index is 14.7. The third kappa shape index (κ3) is 5.57. The van der Waals surface area contributed by atoms with Gasteiger partial charge in [0.2, 0.25) is 5.88 Å². The molecule has 12 nitrogen and oxygen atoms in total. The van der Waals surface area contributed by atoms with E-state index in [2.05, 4.69) is 30.0 Å². The van der Waals surface area contributed by atoms with E-state index in [4.69, 9.17) is 10.5 Å². The second-order valence-electron chi connectivity index (χ2n) is 9.54. The lowest BCUT2D eigenvalue weighted by atomic mass is 10.1. The average Bonchev–Trinajstić information content (AvgIpc) is 3.45. The van der Waals surface area contributed by atoms with E-state index < -0.39 is 43.5 Å². The normalized spacial score (nSPS) is 19.5. The van der Waals surface area contributed by atoms with Crippen molar-refractivity contribution in [3.8, 4) is 17.1 Å². The van der Waals surface area contributed by atoms with Gasteiger partial charge in [-0.05, 0) is 37.2 Å². The van der Waals surface area contributed by atoms with Gasteiger partial charge in [0.25, 0.3) is 5.91 Å². The third-order valence-corrected chi connectivity index (χ3v) is 6.77. The quantitative estimate of drug-likeness (QED) is 0.411. The standard InChI is InChI=1S/C24H26F4N8O4/c1-39-22-15(21(37)33-17-10-35(9-16(17)25)23(38)40-11-24(26,27)28)5-13(7-30-22)18-6-14(8-34-3-2-4-34)19-20(29)31-12-32-36(18)19/h5-7,12,16-17H,2-4,8-11H2,1H3,(H,33,37)(H2,29,31,32)/t16-,17+/m0/s1. The summed E-state index contributed by atoms with van der Waals surface area (Å²) in [5.74, 6) is -0.489. The van der Waals surface area contributed by atoms with E-state index in [1.807, 2.05) is 6.07 Å². The number of ether oxygens (including phenoxy) is 2. The highest BCUT2D eigenvalue weighted by Crippen LogP contribution is 2.31. The van der Waals surface area contributed by atoms with E-state index in [0.29, 0.717) is 29.1 Å². The van der Waals surface area contributed by atoms with Crippen LogP contribution >= 0.6 is 0 Å². The van der Waals surface area contributed by atoms with Crippen LogP contribution in [0.3, 0.4) is 0 Å². The molecule has 5 heterocycles. The summed E-state index contributed by atoms with van der Waals surface area (Å²) in [4.78, 5) is 36.5. The first-order valence-electron chi connectivity index (χ1n) is 12.4. The zero-order valence-electron chi connectivity index (χ0n) is 21.3. The van der Waals surface area contributed by atoms with Crippen molar-refractivity contribution in [2.24, 2.45) is 0 Å². The van der Waals surface area contributed by atoms with E-state index in [9.17, 15) is 27.2 Å². The minimum atomic E-state index is -4.72. The molecule has 214 valence electrons. The van der Waals surface area contributed by atoms with Crippen LogP contribution in [0.15, 0.2) is 24.7 Å². The summed E-state index contributed by atoms with van der Waals surface area (Å²) in [5, 5.41) is 6.82. The van der Waals surface area contributed by atoms with Gasteiger partial charge in [-0.15, -0.1) is 0 Å². The number of hydrogen-bond donors (Lipinski definition) is 2. The number of anilines is 1. The van der Waals surface area contributed by atoms with Crippen LogP contribution in [-0.2, 0) is 11.3 Å². The molecule has 0 bridgehead atoms. The number of hydrogen-bond acceptors (Lipinski definition) is 9. The molecule has 3 N–H and O–H groups in total. The summed E-state index contributed by atoms with van der Waals surface area (Å²) in [6.07, 6.45) is -3.85. The lowest BCUT2D eigenvalue weighted by Crippen LogP contribution is -2.42. The molecule has 0 saturated carbocycles. The predicted octanol–water partition coefficient (Wildman–Crippen LogP) is 2.04. The van der Waals surface area contributed by atoms with Crippen molar-refractivity contribution in [1.29, 1.82) is 0 Å². The van der Waals surface area contributed by atoms with Crippen molar-refractivity contribution in [1.82, 2.24) is 34.7 Å². The Hall–Kier alpha value is -4.21. The van der Waals surface area contributed by atoms with Crippen LogP contribution in [0.1, 0.15) is 22.3 Å². The number of rotatable bonds is 7. The molecular weight excluding hydrogens is 540 g/mol. The first-order valence-corrected chi connectivity index (χ1v) is 12.4. The Morgan fingerprint density at radius 3 is 2.65 bits per heavy atom. The number of methoxy groups -OCH3 is 1. The maximum Gasteiger partial charge on any atom is 0.422 e. The number of amides is 2. The van der Waals surface area contributed by atoms with E-state index in [0.717, 1.165) is 30.0 Å². The molecular formula is C24H26F4N8O4. The summed E-state index contributed by atoms with van der Waals surface area (Å²) in [6, 6.07) is 2.21. The molecule has 2 saturated heterocycles. The minimum Gasteiger partial charge on any atom is -0.480 e. The zero-order chi connectivity index (χ0) is 28.6. The van der Waals surface area contributed by atoms with Gasteiger partial charge in [-0.2, -0.15) is 18.3 Å². The fraction of sp³-hybridized carbons (Fsp3) is 0.458. The van der Waals surface area contributed by atoms with Gasteiger partial charge in [0.15, 0.2) is 12.4 Å². The first kappa shape index (κ1) is 27.4. The van der Waals surface area contributed by atoms with Crippen LogP contribution < -0.4 is 15.8 Å². The number of nitrogens with one attached hydrogen (secondary N) is 1. The number of nitrogens with zero attached hydrogens (tertiary/aromatic N) is 6. The number of carbonyl (C=O) groups is 2. The summed E-state index contributed by atoms with van der Waals surface area (Å²) in [7, 11) is 1.32. The van der Waals surface area contributed by atoms with E-state index in [1.54, 1.807) is 4.52 Å². The molecule has 3 aromatic rings. The molecule has 2 fully saturated rings. The van der Waals surface area contributed by atoms with E-state index in [1.165, 1.54) is 25.7 Å². The van der Waals surface area contributed by atoms with Crippen molar-refractivity contribution in [2.45, 2.75) is 31.4 Å². The molecule has 0 radical (unpaired) electrons. The fourth-order valence-corrected chi connectivity index (χ4v) is 4.70. The van der Waals surface area contributed by atoms with E-state index >= 15 is 0 Å². The number of pyridine rings is 1. The Morgan fingerprint density at radius 1 is 1.20 bits per heavy atom. The topological polar surface area (TPSA) is 140 Å². The summed E-state index contributed by atoms with van der Waals surface area (Å²) < 4.78 is 62.8. The van der Waals surface area contributed by atoms with E-state index in [-0.39, 0.29) is 18.0 Å². The van der Waals surface area contributed by atoms with Gasteiger partial charge in [0.1, 0.15) is 23.6 Å². The van der Waals surface area contributed by atoms with Gasteiger partial charge in [0, 0.05) is 24.8 Å². The Kier molecular flexibility index (Phi) is 7.35. The molecule has 2 amide bonds. The summed E-state index contributed by atoms with van der Waals surface area (Å²) in [5.41, 5.74) is 8.76. The van der Waals surface area contributed by atoms with Crippen LogP contribution in [0, 0.1) is 0 Å². The maximum atomic E-state index is 14.7. The Bertz CT molecular complexity index is 1430. The van der Waals surface area contributed by atoms with Crippen LogP contribution in [0.5, 0.6) is 5.88 Å². The van der Waals surface area contributed by atoms with Crippen LogP contribution in [0.25, 0.3) is 16.8 Å². The fourth-order valence-electron chi connectivity index (χ4n) is 4.70. The molecule has 3 aromatic heterocycles. The van der Waals surface area contributed by atoms with Crippen molar-refractivity contribution in [3.63, 3.8) is 0 Å². The lowest BCUT2D eigenvalue weighted by Gasteiger charge is -2.30. The van der Waals surface area contributed by atoms with Crippen LogP contribution in [-0.4, -0.2) is 99.7 Å². The van der Waals surface area contributed by atoms with Crippen LogP contribution in [0.2, 0.25) is 0 Å². The molecule has 0 spiro atoms. The second-order valence-corrected chi connectivity index (χ2v) is 9.54. The molecule has 0 aromatic carbocycles. The number of alkyl halides is 4. The highest BCUT2D eigenvalue weighted by Gasteiger charge is 2.39. The highest BCUT2D eigenvalue weighted by molar-refractivity contribution is 5.98. The molecule has 16 heteroatoms. The Labute approximate surface area is 225 Å². The first-order chi connectivity index (χ1) is 19.0. The molecule has 2 aliphatic rings. The van der Waals surface area contributed by atoms with Crippen LogP contribution in [0.4, 0.5) is 28.2 Å². The van der Waals surface area contributed by atoms with Crippen molar-refractivity contribution in [3.05, 3.63) is 35.8 Å². The van der Waals surface area contributed by atoms with Gasteiger partial charge in [-0.3, -0.25) is 9.69 Å². The molecule has 2 aliphatic heterocycles. The summed E-state index contributed by atoms with van der Waals surface area (Å²) in [6.45, 7) is -0.144. The van der Waals surface area contributed by atoms with Gasteiger partial charge >= 0.3 is 12.3 Å². The number of carbonyl (C=O) groups excluding carboxylic acids is 2. The molecule has 2 atom stereocenters. The lowest BCUT2D eigenvalue weighted by molar-refractivity contribution is -0.162. The average molecular weight is 567 g/mol. The minimum absolute atomic E-state index is 0.0217. The van der Waals surface area contributed by atoms with Gasteiger partial charge in [-0.1, -0.05) is 0 Å². The monoisotopic (exact) mass is 566 g/mol. The van der Waals surface area contributed by atoms with Gasteiger partial charge in [0.05, 0.1) is 25.4 Å². The number of halogens is 4. The predicted molar refractivity (Wildman–Crippen MR) is 132 cm³/mol. The van der Waals surface area contributed by atoms with Crippen molar-refractivity contribution < 1.29 is 36.6 Å². The zero-order valence-corrected chi connectivity index (χ0v) is 21.3. The molecule has 40 heavy (non-hydrogen) atoms. The highest BCUT2D eigenvalue weighted by atomic mass is 19.4. The molecule has 5 rings (SSSR count). The number of nitrogen functional groups attached to an aromatic ring is 1. The number of likely N-dealkylation sites (tertiary alicyclic amines) is 2. The van der Waals surface area contributed by atoms with Crippen molar-refractivity contribution in [2.75, 3.05) is 45.6 Å². The number of fused-ring (bicyclic) bond motifs is 1. The van der Waals surface area contributed by atoms with Gasteiger partial charge < -0.3 is 25.4 Å². The van der Waals surface area contributed by atoms with Gasteiger partial charge in [-0.25, -0.2) is 23.7 Å².